The van der Waals surface area contributed by atoms with E-state index in [4.69, 9.17) is 9.47 Å². The average Bonchev–Trinajstić information content (AvgIpc) is 2.53. The van der Waals surface area contributed by atoms with Gasteiger partial charge in [-0.1, -0.05) is 31.2 Å². The molecule has 0 atom stereocenters. The highest BCUT2D eigenvalue weighted by Gasteiger charge is 1.99. The normalized spacial score (nSPS) is 10.4. The quantitative estimate of drug-likeness (QED) is 0.801. The zero-order valence-corrected chi connectivity index (χ0v) is 12.8. The SMILES string of the molecule is CCCOc1ccc(OCc2cccc(CNC)c2)cc1. The van der Waals surface area contributed by atoms with E-state index in [1.807, 2.05) is 31.3 Å². The molecule has 3 heteroatoms. The minimum Gasteiger partial charge on any atom is -0.494 e. The maximum atomic E-state index is 5.81. The molecule has 0 bridgehead atoms. The summed E-state index contributed by atoms with van der Waals surface area (Å²) in [5.41, 5.74) is 2.44. The summed E-state index contributed by atoms with van der Waals surface area (Å²) in [6.45, 7) is 4.29. The summed E-state index contributed by atoms with van der Waals surface area (Å²) in [5, 5.41) is 3.15. The Morgan fingerprint density at radius 1 is 0.905 bits per heavy atom. The van der Waals surface area contributed by atoms with Gasteiger partial charge in [0.2, 0.25) is 0 Å². The summed E-state index contributed by atoms with van der Waals surface area (Å²) in [5.74, 6) is 1.75. The van der Waals surface area contributed by atoms with Crippen molar-refractivity contribution in [3.8, 4) is 11.5 Å². The molecule has 0 radical (unpaired) electrons. The Hall–Kier alpha value is -2.00. The smallest absolute Gasteiger partial charge is 0.120 e. The number of benzene rings is 2. The monoisotopic (exact) mass is 285 g/mol. The van der Waals surface area contributed by atoms with E-state index in [9.17, 15) is 0 Å². The van der Waals surface area contributed by atoms with Crippen LogP contribution in [0.15, 0.2) is 48.5 Å². The largest absolute Gasteiger partial charge is 0.494 e. The molecule has 0 unspecified atom stereocenters. The lowest BCUT2D eigenvalue weighted by atomic mass is 10.1. The third-order valence-corrected chi connectivity index (χ3v) is 3.07. The molecule has 0 amide bonds. The van der Waals surface area contributed by atoms with Crippen molar-refractivity contribution in [2.75, 3.05) is 13.7 Å². The van der Waals surface area contributed by atoms with Gasteiger partial charge in [0.25, 0.3) is 0 Å². The molecule has 0 heterocycles. The van der Waals surface area contributed by atoms with Crippen molar-refractivity contribution >= 4 is 0 Å². The Morgan fingerprint density at radius 3 is 2.24 bits per heavy atom. The summed E-state index contributed by atoms with van der Waals surface area (Å²) in [6.07, 6.45) is 1.02. The predicted molar refractivity (Wildman–Crippen MR) is 85.8 cm³/mol. The number of nitrogens with one attached hydrogen (secondary N) is 1. The van der Waals surface area contributed by atoms with E-state index in [0.717, 1.165) is 31.1 Å². The molecule has 2 rings (SSSR count). The van der Waals surface area contributed by atoms with E-state index >= 15 is 0 Å². The molecule has 0 saturated heterocycles. The molecule has 2 aromatic carbocycles. The molecule has 21 heavy (non-hydrogen) atoms. The van der Waals surface area contributed by atoms with E-state index in [-0.39, 0.29) is 0 Å². The molecular formula is C18H23NO2. The third-order valence-electron chi connectivity index (χ3n) is 3.07. The molecule has 0 fully saturated rings. The van der Waals surface area contributed by atoms with Crippen LogP contribution >= 0.6 is 0 Å². The van der Waals surface area contributed by atoms with Crippen LogP contribution < -0.4 is 14.8 Å². The zero-order chi connectivity index (χ0) is 14.9. The summed E-state index contributed by atoms with van der Waals surface area (Å²) < 4.78 is 11.4. The van der Waals surface area contributed by atoms with Crippen molar-refractivity contribution in [3.63, 3.8) is 0 Å². The topological polar surface area (TPSA) is 30.5 Å². The van der Waals surface area contributed by atoms with Crippen LogP contribution in [0.4, 0.5) is 0 Å². The van der Waals surface area contributed by atoms with Crippen LogP contribution in [0.25, 0.3) is 0 Å². The summed E-state index contributed by atoms with van der Waals surface area (Å²) in [7, 11) is 1.95. The molecule has 0 aliphatic carbocycles. The van der Waals surface area contributed by atoms with Crippen LogP contribution in [0.1, 0.15) is 24.5 Å². The predicted octanol–water partition coefficient (Wildman–Crippen LogP) is 3.77. The van der Waals surface area contributed by atoms with Crippen LogP contribution in [0.3, 0.4) is 0 Å². The third kappa shape index (κ3) is 5.12. The van der Waals surface area contributed by atoms with Gasteiger partial charge in [-0.3, -0.25) is 0 Å². The molecule has 0 aliphatic rings. The Bertz CT molecular complexity index is 537. The second-order valence-electron chi connectivity index (χ2n) is 4.96. The summed E-state index contributed by atoms with van der Waals surface area (Å²) in [6, 6.07) is 16.2. The molecule has 0 saturated carbocycles. The first kappa shape index (κ1) is 15.4. The van der Waals surface area contributed by atoms with Gasteiger partial charge in [0, 0.05) is 6.54 Å². The maximum absolute atomic E-state index is 5.81. The fourth-order valence-corrected chi connectivity index (χ4v) is 2.05. The molecule has 0 aliphatic heterocycles. The van der Waals surface area contributed by atoms with Crippen LogP contribution in [-0.4, -0.2) is 13.7 Å². The lowest BCUT2D eigenvalue weighted by Crippen LogP contribution is -2.05. The highest BCUT2D eigenvalue weighted by molar-refractivity contribution is 5.31. The standard InChI is InChI=1S/C18H23NO2/c1-3-11-20-17-7-9-18(10-8-17)21-14-16-6-4-5-15(12-16)13-19-2/h4-10,12,19H,3,11,13-14H2,1-2H3. The second kappa shape index (κ2) is 8.32. The summed E-state index contributed by atoms with van der Waals surface area (Å²) >= 11 is 0. The van der Waals surface area contributed by atoms with Gasteiger partial charge in [0.1, 0.15) is 18.1 Å². The van der Waals surface area contributed by atoms with Crippen molar-refractivity contribution in [2.45, 2.75) is 26.5 Å². The number of rotatable bonds is 8. The van der Waals surface area contributed by atoms with Crippen molar-refractivity contribution in [1.82, 2.24) is 5.32 Å². The van der Waals surface area contributed by atoms with Crippen LogP contribution in [0.2, 0.25) is 0 Å². The zero-order valence-electron chi connectivity index (χ0n) is 12.8. The van der Waals surface area contributed by atoms with Gasteiger partial charge in [-0.25, -0.2) is 0 Å². The minimum atomic E-state index is 0.576. The first-order chi connectivity index (χ1) is 10.3. The number of ether oxygens (including phenoxy) is 2. The van der Waals surface area contributed by atoms with E-state index in [2.05, 4.69) is 36.5 Å². The first-order valence-electron chi connectivity index (χ1n) is 7.40. The van der Waals surface area contributed by atoms with Crippen molar-refractivity contribution in [1.29, 1.82) is 0 Å². The van der Waals surface area contributed by atoms with Gasteiger partial charge in [0.05, 0.1) is 6.61 Å². The van der Waals surface area contributed by atoms with E-state index in [0.29, 0.717) is 6.61 Å². The molecule has 3 nitrogen and oxygen atoms in total. The highest BCUT2D eigenvalue weighted by Crippen LogP contribution is 2.19. The average molecular weight is 285 g/mol. The van der Waals surface area contributed by atoms with Crippen molar-refractivity contribution in [3.05, 3.63) is 59.7 Å². The molecule has 2 aromatic rings. The summed E-state index contributed by atoms with van der Waals surface area (Å²) in [4.78, 5) is 0. The van der Waals surface area contributed by atoms with Gasteiger partial charge in [-0.15, -0.1) is 0 Å². The van der Waals surface area contributed by atoms with Crippen LogP contribution in [-0.2, 0) is 13.2 Å². The lowest BCUT2D eigenvalue weighted by molar-refractivity contribution is 0.301. The maximum Gasteiger partial charge on any atom is 0.120 e. The Kier molecular flexibility index (Phi) is 6.10. The lowest BCUT2D eigenvalue weighted by Gasteiger charge is -2.09. The minimum absolute atomic E-state index is 0.576. The second-order valence-corrected chi connectivity index (χ2v) is 4.96. The van der Waals surface area contributed by atoms with Crippen molar-refractivity contribution < 1.29 is 9.47 Å². The van der Waals surface area contributed by atoms with E-state index < -0.39 is 0 Å². The Labute approximate surface area is 126 Å². The molecule has 0 spiro atoms. The molecule has 112 valence electrons. The van der Waals surface area contributed by atoms with Gasteiger partial charge in [-0.05, 0) is 48.9 Å². The fraction of sp³-hybridized carbons (Fsp3) is 0.333. The van der Waals surface area contributed by atoms with Gasteiger partial charge >= 0.3 is 0 Å². The van der Waals surface area contributed by atoms with Gasteiger partial charge < -0.3 is 14.8 Å². The molecule has 1 N–H and O–H groups in total. The highest BCUT2D eigenvalue weighted by atomic mass is 16.5. The van der Waals surface area contributed by atoms with E-state index in [1.54, 1.807) is 0 Å². The van der Waals surface area contributed by atoms with Gasteiger partial charge in [-0.2, -0.15) is 0 Å². The van der Waals surface area contributed by atoms with Crippen LogP contribution in [0, 0.1) is 0 Å². The fourth-order valence-electron chi connectivity index (χ4n) is 2.05. The molecule has 0 aromatic heterocycles. The first-order valence-corrected chi connectivity index (χ1v) is 7.40. The van der Waals surface area contributed by atoms with Crippen LogP contribution in [0.5, 0.6) is 11.5 Å². The van der Waals surface area contributed by atoms with E-state index in [1.165, 1.54) is 11.1 Å². The number of hydrogen-bond acceptors (Lipinski definition) is 3. The van der Waals surface area contributed by atoms with Crippen molar-refractivity contribution in [2.24, 2.45) is 0 Å². The molecular weight excluding hydrogens is 262 g/mol. The Balaban J connectivity index is 1.88. The number of hydrogen-bond donors (Lipinski definition) is 1. The Morgan fingerprint density at radius 2 is 1.57 bits per heavy atom. The van der Waals surface area contributed by atoms with Gasteiger partial charge in [0.15, 0.2) is 0 Å².